The summed E-state index contributed by atoms with van der Waals surface area (Å²) in [7, 11) is 0. The van der Waals surface area contributed by atoms with Gasteiger partial charge in [-0.15, -0.1) is 0 Å². The van der Waals surface area contributed by atoms with Crippen molar-refractivity contribution in [2.75, 3.05) is 0 Å². The lowest BCUT2D eigenvalue weighted by Crippen LogP contribution is -2.37. The summed E-state index contributed by atoms with van der Waals surface area (Å²) in [6.45, 7) is 6.31. The quantitative estimate of drug-likeness (QED) is 0.527. The molecule has 1 aromatic heterocycles. The fraction of sp³-hybridized carbons (Fsp3) is 0.556. The number of nitrogens with one attached hydrogen (secondary N) is 1. The van der Waals surface area contributed by atoms with Crippen LogP contribution in [0.4, 0.5) is 0 Å². The predicted octanol–water partition coefficient (Wildman–Crippen LogP) is 1.03. The average molecular weight is 180 g/mol. The zero-order valence-electron chi connectivity index (χ0n) is 8.28. The van der Waals surface area contributed by atoms with Gasteiger partial charge < -0.3 is 0 Å². The Morgan fingerprint density at radius 3 is 2.46 bits per heavy atom. The Kier molecular flexibility index (Phi) is 2.95. The molecule has 1 aromatic rings. The van der Waals surface area contributed by atoms with Crippen molar-refractivity contribution in [3.63, 3.8) is 0 Å². The minimum atomic E-state index is 0.0289. The van der Waals surface area contributed by atoms with E-state index in [-0.39, 0.29) is 11.5 Å². The van der Waals surface area contributed by atoms with E-state index < -0.39 is 0 Å². The molecule has 0 radical (unpaired) electrons. The molecule has 0 aliphatic rings. The van der Waals surface area contributed by atoms with Crippen molar-refractivity contribution in [2.45, 2.75) is 26.8 Å². The Morgan fingerprint density at radius 2 is 2.08 bits per heavy atom. The van der Waals surface area contributed by atoms with Crippen molar-refractivity contribution in [2.24, 2.45) is 11.3 Å². The lowest BCUT2D eigenvalue weighted by atomic mass is 9.85. The highest BCUT2D eigenvalue weighted by atomic mass is 15.2. The van der Waals surface area contributed by atoms with Gasteiger partial charge in [0.1, 0.15) is 0 Å². The molecule has 1 rings (SSSR count). The van der Waals surface area contributed by atoms with E-state index in [1.165, 1.54) is 0 Å². The molecule has 1 heterocycles. The van der Waals surface area contributed by atoms with Gasteiger partial charge in [0, 0.05) is 12.4 Å². The maximum Gasteiger partial charge on any atom is 0.0774 e. The first kappa shape index (κ1) is 10.1. The first-order valence-corrected chi connectivity index (χ1v) is 4.27. The molecule has 0 aliphatic heterocycles. The molecule has 1 unspecified atom stereocenters. The fourth-order valence-corrected chi connectivity index (χ4v) is 1.24. The third kappa shape index (κ3) is 2.47. The van der Waals surface area contributed by atoms with Crippen molar-refractivity contribution in [3.8, 4) is 0 Å². The van der Waals surface area contributed by atoms with Crippen LogP contribution in [0.15, 0.2) is 18.6 Å². The van der Waals surface area contributed by atoms with Gasteiger partial charge in [0.05, 0.1) is 17.9 Å². The molecule has 4 nitrogen and oxygen atoms in total. The summed E-state index contributed by atoms with van der Waals surface area (Å²) in [5.41, 5.74) is 3.66. The molecule has 0 amide bonds. The molecule has 0 fully saturated rings. The van der Waals surface area contributed by atoms with Crippen molar-refractivity contribution in [3.05, 3.63) is 24.3 Å². The van der Waals surface area contributed by atoms with Crippen molar-refractivity contribution >= 4 is 0 Å². The Bertz CT molecular complexity index is 252. The number of hydrogen-bond acceptors (Lipinski definition) is 4. The second-order valence-corrected chi connectivity index (χ2v) is 4.10. The van der Waals surface area contributed by atoms with Gasteiger partial charge in [-0.05, 0) is 5.41 Å². The van der Waals surface area contributed by atoms with E-state index >= 15 is 0 Å². The van der Waals surface area contributed by atoms with Crippen LogP contribution in [0.1, 0.15) is 32.5 Å². The highest BCUT2D eigenvalue weighted by molar-refractivity contribution is 5.05. The van der Waals surface area contributed by atoms with Crippen LogP contribution in [0.2, 0.25) is 0 Å². The van der Waals surface area contributed by atoms with Crippen molar-refractivity contribution in [1.29, 1.82) is 0 Å². The third-order valence-electron chi connectivity index (χ3n) is 1.91. The van der Waals surface area contributed by atoms with Crippen LogP contribution in [-0.2, 0) is 0 Å². The summed E-state index contributed by atoms with van der Waals surface area (Å²) in [6.07, 6.45) is 5.06. The molecule has 0 saturated heterocycles. The second kappa shape index (κ2) is 3.81. The second-order valence-electron chi connectivity index (χ2n) is 4.10. The average Bonchev–Trinajstić information content (AvgIpc) is 2.05. The van der Waals surface area contributed by atoms with E-state index in [1.807, 2.05) is 0 Å². The van der Waals surface area contributed by atoms with E-state index in [2.05, 4.69) is 36.2 Å². The number of nitrogens with two attached hydrogens (primary N) is 1. The third-order valence-corrected chi connectivity index (χ3v) is 1.91. The van der Waals surface area contributed by atoms with Gasteiger partial charge in [-0.3, -0.25) is 21.2 Å². The molecule has 0 saturated carbocycles. The fourth-order valence-electron chi connectivity index (χ4n) is 1.24. The first-order valence-electron chi connectivity index (χ1n) is 4.27. The van der Waals surface area contributed by atoms with Crippen LogP contribution in [0.25, 0.3) is 0 Å². The van der Waals surface area contributed by atoms with Crippen LogP contribution in [0.5, 0.6) is 0 Å². The molecular weight excluding hydrogens is 164 g/mol. The Balaban J connectivity index is 2.92. The van der Waals surface area contributed by atoms with Gasteiger partial charge in [-0.2, -0.15) is 0 Å². The summed E-state index contributed by atoms with van der Waals surface area (Å²) in [5.74, 6) is 5.47. The summed E-state index contributed by atoms with van der Waals surface area (Å²) in [6, 6.07) is 0.0289. The molecular formula is C9H16N4. The summed E-state index contributed by atoms with van der Waals surface area (Å²) in [5, 5.41) is 0. The lowest BCUT2D eigenvalue weighted by molar-refractivity contribution is 0.269. The van der Waals surface area contributed by atoms with Crippen LogP contribution < -0.4 is 11.3 Å². The van der Waals surface area contributed by atoms with Gasteiger partial charge in [0.25, 0.3) is 0 Å². The Labute approximate surface area is 78.6 Å². The lowest BCUT2D eigenvalue weighted by Gasteiger charge is -2.28. The zero-order chi connectivity index (χ0) is 9.90. The van der Waals surface area contributed by atoms with Crippen LogP contribution in [0, 0.1) is 5.41 Å². The number of hydrazine groups is 1. The maximum atomic E-state index is 5.47. The van der Waals surface area contributed by atoms with E-state index in [9.17, 15) is 0 Å². The van der Waals surface area contributed by atoms with Crippen LogP contribution >= 0.6 is 0 Å². The number of nitrogens with zero attached hydrogens (tertiary/aromatic N) is 2. The Hall–Kier alpha value is -1.00. The van der Waals surface area contributed by atoms with E-state index in [0.717, 1.165) is 5.69 Å². The van der Waals surface area contributed by atoms with E-state index in [1.54, 1.807) is 18.6 Å². The molecule has 0 spiro atoms. The minimum Gasteiger partial charge on any atom is -0.271 e. The minimum absolute atomic E-state index is 0.0289. The van der Waals surface area contributed by atoms with Crippen molar-refractivity contribution in [1.82, 2.24) is 15.4 Å². The zero-order valence-corrected chi connectivity index (χ0v) is 8.28. The first-order chi connectivity index (χ1) is 6.05. The Morgan fingerprint density at radius 1 is 1.38 bits per heavy atom. The molecule has 3 N–H and O–H groups in total. The largest absolute Gasteiger partial charge is 0.271 e. The molecule has 13 heavy (non-hydrogen) atoms. The number of aromatic nitrogens is 2. The van der Waals surface area contributed by atoms with E-state index in [0.29, 0.717) is 0 Å². The van der Waals surface area contributed by atoms with Gasteiger partial charge in [-0.25, -0.2) is 0 Å². The normalized spacial score (nSPS) is 14.2. The van der Waals surface area contributed by atoms with Gasteiger partial charge in [0.2, 0.25) is 0 Å². The maximum absolute atomic E-state index is 5.47. The number of hydrogen-bond donors (Lipinski definition) is 2. The molecule has 1 atom stereocenters. The monoisotopic (exact) mass is 180 g/mol. The summed E-state index contributed by atoms with van der Waals surface area (Å²) < 4.78 is 0. The molecule has 0 aliphatic carbocycles. The topological polar surface area (TPSA) is 63.8 Å². The van der Waals surface area contributed by atoms with Crippen molar-refractivity contribution < 1.29 is 0 Å². The van der Waals surface area contributed by atoms with Gasteiger partial charge in [0.15, 0.2) is 0 Å². The van der Waals surface area contributed by atoms with Crippen LogP contribution in [0.3, 0.4) is 0 Å². The smallest absolute Gasteiger partial charge is 0.0774 e. The summed E-state index contributed by atoms with van der Waals surface area (Å²) >= 11 is 0. The molecule has 72 valence electrons. The highest BCUT2D eigenvalue weighted by Crippen LogP contribution is 2.29. The van der Waals surface area contributed by atoms with E-state index in [4.69, 9.17) is 5.84 Å². The number of rotatable bonds is 2. The summed E-state index contributed by atoms with van der Waals surface area (Å²) in [4.78, 5) is 8.22. The standard InChI is InChI=1S/C9H16N4/c1-9(2,3)8(13-10)7-6-11-4-5-12-7/h4-6,8,13H,10H2,1-3H3. The highest BCUT2D eigenvalue weighted by Gasteiger charge is 2.26. The van der Waals surface area contributed by atoms with Crippen LogP contribution in [-0.4, -0.2) is 9.97 Å². The molecule has 0 bridgehead atoms. The predicted molar refractivity (Wildman–Crippen MR) is 51.6 cm³/mol. The van der Waals surface area contributed by atoms with Gasteiger partial charge in [-0.1, -0.05) is 20.8 Å². The SMILES string of the molecule is CC(C)(C)C(NN)c1cnccn1. The molecule has 4 heteroatoms. The van der Waals surface area contributed by atoms with Gasteiger partial charge >= 0.3 is 0 Å². The molecule has 0 aromatic carbocycles.